The molecule has 0 unspecified atom stereocenters. The minimum Gasteiger partial charge on any atom is -0.494 e. The van der Waals surface area contributed by atoms with Crippen LogP contribution in [0.15, 0.2) is 42.7 Å². The van der Waals surface area contributed by atoms with Crippen LogP contribution in [-0.2, 0) is 4.74 Å². The van der Waals surface area contributed by atoms with Crippen molar-refractivity contribution in [2.45, 2.75) is 6.92 Å². The molecule has 0 saturated carbocycles. The van der Waals surface area contributed by atoms with Gasteiger partial charge in [0.15, 0.2) is 0 Å². The maximum Gasteiger partial charge on any atom is 0.253 e. The summed E-state index contributed by atoms with van der Waals surface area (Å²) >= 11 is 0. The number of nitrogens with one attached hydrogen (secondary N) is 2. The summed E-state index contributed by atoms with van der Waals surface area (Å²) in [6, 6.07) is 9.36. The number of methoxy groups -OCH3 is 1. The molecule has 122 valence electrons. The van der Waals surface area contributed by atoms with Gasteiger partial charge in [0, 0.05) is 25.5 Å². The van der Waals surface area contributed by atoms with Gasteiger partial charge in [0.2, 0.25) is 0 Å². The fourth-order valence-corrected chi connectivity index (χ4v) is 1.97. The van der Waals surface area contributed by atoms with Crippen molar-refractivity contribution in [3.63, 3.8) is 0 Å². The fraction of sp³-hybridized carbons (Fsp3) is 0.294. The number of aromatic nitrogens is 1. The molecule has 23 heavy (non-hydrogen) atoms. The largest absolute Gasteiger partial charge is 0.494 e. The van der Waals surface area contributed by atoms with E-state index in [-0.39, 0.29) is 5.91 Å². The van der Waals surface area contributed by atoms with Gasteiger partial charge < -0.3 is 20.1 Å². The van der Waals surface area contributed by atoms with Crippen molar-refractivity contribution in [2.75, 3.05) is 32.2 Å². The Morgan fingerprint density at radius 3 is 2.65 bits per heavy atom. The van der Waals surface area contributed by atoms with Crippen molar-refractivity contribution in [1.29, 1.82) is 0 Å². The van der Waals surface area contributed by atoms with Crippen molar-refractivity contribution in [3.8, 4) is 5.75 Å². The number of carbonyl (C=O) groups is 1. The molecule has 0 bridgehead atoms. The molecule has 0 aliphatic rings. The standard InChI is InChI=1S/C17H21N3O3/c1-3-23-16-6-4-14(5-7-16)20-15-10-13(11-18-12-15)17(21)19-8-9-22-2/h4-7,10-12,20H,3,8-9H2,1-2H3,(H,19,21). The highest BCUT2D eigenvalue weighted by molar-refractivity contribution is 5.94. The maximum atomic E-state index is 12.0. The predicted molar refractivity (Wildman–Crippen MR) is 89.3 cm³/mol. The lowest BCUT2D eigenvalue weighted by atomic mass is 10.2. The normalized spacial score (nSPS) is 10.2. The summed E-state index contributed by atoms with van der Waals surface area (Å²) in [7, 11) is 1.59. The number of carbonyl (C=O) groups excluding carboxylic acids is 1. The fourth-order valence-electron chi connectivity index (χ4n) is 1.97. The Morgan fingerprint density at radius 2 is 1.96 bits per heavy atom. The van der Waals surface area contributed by atoms with Crippen LogP contribution >= 0.6 is 0 Å². The summed E-state index contributed by atoms with van der Waals surface area (Å²) in [4.78, 5) is 16.1. The van der Waals surface area contributed by atoms with Gasteiger partial charge in [-0.05, 0) is 37.3 Å². The molecule has 0 aliphatic heterocycles. The molecule has 6 nitrogen and oxygen atoms in total. The molecule has 6 heteroatoms. The second kappa shape index (κ2) is 8.75. The molecular weight excluding hydrogens is 294 g/mol. The molecule has 1 aromatic carbocycles. The van der Waals surface area contributed by atoms with Crippen molar-refractivity contribution >= 4 is 17.3 Å². The zero-order valence-electron chi connectivity index (χ0n) is 13.3. The minimum atomic E-state index is -0.176. The first-order valence-corrected chi connectivity index (χ1v) is 7.45. The van der Waals surface area contributed by atoms with Crippen LogP contribution in [0.3, 0.4) is 0 Å². The number of ether oxygens (including phenoxy) is 2. The number of rotatable bonds is 8. The first kappa shape index (κ1) is 16.8. The van der Waals surface area contributed by atoms with E-state index in [4.69, 9.17) is 9.47 Å². The number of nitrogens with zero attached hydrogens (tertiary/aromatic N) is 1. The molecule has 0 aliphatic carbocycles. The molecule has 2 rings (SSSR count). The lowest BCUT2D eigenvalue weighted by Gasteiger charge is -2.09. The lowest BCUT2D eigenvalue weighted by molar-refractivity contribution is 0.0937. The summed E-state index contributed by atoms with van der Waals surface area (Å²) in [6.07, 6.45) is 3.20. The van der Waals surface area contributed by atoms with Crippen LogP contribution in [0.4, 0.5) is 11.4 Å². The van der Waals surface area contributed by atoms with E-state index in [9.17, 15) is 4.79 Å². The summed E-state index contributed by atoms with van der Waals surface area (Å²) < 4.78 is 10.3. The molecule has 0 atom stereocenters. The minimum absolute atomic E-state index is 0.176. The Bertz CT molecular complexity index is 629. The highest BCUT2D eigenvalue weighted by Crippen LogP contribution is 2.20. The van der Waals surface area contributed by atoms with Gasteiger partial charge in [-0.15, -0.1) is 0 Å². The van der Waals surface area contributed by atoms with Gasteiger partial charge in [0.05, 0.1) is 30.7 Å². The average molecular weight is 315 g/mol. The van der Waals surface area contributed by atoms with Crippen LogP contribution in [-0.4, -0.2) is 37.8 Å². The van der Waals surface area contributed by atoms with Crippen LogP contribution in [0.25, 0.3) is 0 Å². The van der Waals surface area contributed by atoms with Gasteiger partial charge in [-0.2, -0.15) is 0 Å². The Kier molecular flexibility index (Phi) is 6.38. The molecule has 0 fully saturated rings. The van der Waals surface area contributed by atoms with E-state index in [1.165, 1.54) is 6.20 Å². The predicted octanol–water partition coefficient (Wildman–Crippen LogP) is 2.60. The van der Waals surface area contributed by atoms with Crippen molar-refractivity contribution in [2.24, 2.45) is 0 Å². The van der Waals surface area contributed by atoms with Gasteiger partial charge in [0.1, 0.15) is 5.75 Å². The van der Waals surface area contributed by atoms with Crippen LogP contribution in [0.1, 0.15) is 17.3 Å². The lowest BCUT2D eigenvalue weighted by Crippen LogP contribution is -2.27. The zero-order valence-corrected chi connectivity index (χ0v) is 13.3. The third kappa shape index (κ3) is 5.27. The number of anilines is 2. The average Bonchev–Trinajstić information content (AvgIpc) is 2.57. The van der Waals surface area contributed by atoms with Gasteiger partial charge >= 0.3 is 0 Å². The molecule has 1 heterocycles. The van der Waals surface area contributed by atoms with E-state index in [2.05, 4.69) is 15.6 Å². The molecular formula is C17H21N3O3. The van der Waals surface area contributed by atoms with Crippen LogP contribution in [0, 0.1) is 0 Å². The summed E-state index contributed by atoms with van der Waals surface area (Å²) in [5.41, 5.74) is 2.14. The molecule has 2 aromatic rings. The molecule has 0 spiro atoms. The van der Waals surface area contributed by atoms with Crippen LogP contribution < -0.4 is 15.4 Å². The SMILES string of the molecule is CCOc1ccc(Nc2cncc(C(=O)NCCOC)c2)cc1. The first-order chi connectivity index (χ1) is 11.2. The van der Waals surface area contributed by atoms with Crippen LogP contribution in [0.2, 0.25) is 0 Å². The monoisotopic (exact) mass is 315 g/mol. The third-order valence-electron chi connectivity index (χ3n) is 3.05. The Hall–Kier alpha value is -2.60. The second-order valence-electron chi connectivity index (χ2n) is 4.79. The molecule has 0 radical (unpaired) electrons. The summed E-state index contributed by atoms with van der Waals surface area (Å²) in [5.74, 6) is 0.646. The van der Waals surface area contributed by atoms with E-state index in [0.717, 1.165) is 17.1 Å². The molecule has 1 amide bonds. The summed E-state index contributed by atoms with van der Waals surface area (Å²) in [6.45, 7) is 3.52. The van der Waals surface area contributed by atoms with Crippen molar-refractivity contribution in [3.05, 3.63) is 48.3 Å². The first-order valence-electron chi connectivity index (χ1n) is 7.45. The van der Waals surface area contributed by atoms with E-state index >= 15 is 0 Å². The number of amides is 1. The van der Waals surface area contributed by atoms with Gasteiger partial charge in [-0.3, -0.25) is 9.78 Å². The summed E-state index contributed by atoms with van der Waals surface area (Å²) in [5, 5.41) is 5.98. The highest BCUT2D eigenvalue weighted by atomic mass is 16.5. The van der Waals surface area contributed by atoms with E-state index in [1.54, 1.807) is 19.4 Å². The zero-order chi connectivity index (χ0) is 16.5. The quantitative estimate of drug-likeness (QED) is 0.733. The number of benzene rings is 1. The van der Waals surface area contributed by atoms with E-state index in [0.29, 0.717) is 25.3 Å². The Morgan fingerprint density at radius 1 is 1.17 bits per heavy atom. The molecule has 0 saturated heterocycles. The Balaban J connectivity index is 2.00. The second-order valence-corrected chi connectivity index (χ2v) is 4.79. The number of pyridine rings is 1. The van der Waals surface area contributed by atoms with E-state index < -0.39 is 0 Å². The van der Waals surface area contributed by atoms with Gasteiger partial charge in [0.25, 0.3) is 5.91 Å². The van der Waals surface area contributed by atoms with Crippen LogP contribution in [0.5, 0.6) is 5.75 Å². The van der Waals surface area contributed by atoms with Gasteiger partial charge in [-0.1, -0.05) is 0 Å². The third-order valence-corrected chi connectivity index (χ3v) is 3.05. The van der Waals surface area contributed by atoms with Gasteiger partial charge in [-0.25, -0.2) is 0 Å². The smallest absolute Gasteiger partial charge is 0.253 e. The Labute approximate surface area is 135 Å². The van der Waals surface area contributed by atoms with E-state index in [1.807, 2.05) is 31.2 Å². The molecule has 1 aromatic heterocycles. The number of hydrogen-bond donors (Lipinski definition) is 2. The maximum absolute atomic E-state index is 12.0. The van der Waals surface area contributed by atoms with Crippen molar-refractivity contribution in [1.82, 2.24) is 10.3 Å². The van der Waals surface area contributed by atoms with Crippen molar-refractivity contribution < 1.29 is 14.3 Å². The highest BCUT2D eigenvalue weighted by Gasteiger charge is 2.06. The number of hydrogen-bond acceptors (Lipinski definition) is 5. The topological polar surface area (TPSA) is 72.5 Å². The molecule has 2 N–H and O–H groups in total.